The first-order valence-corrected chi connectivity index (χ1v) is 10.0. The van der Waals surface area contributed by atoms with Crippen molar-refractivity contribution in [2.75, 3.05) is 25.0 Å². The van der Waals surface area contributed by atoms with Gasteiger partial charge in [-0.15, -0.1) is 11.3 Å². The molecule has 1 N–H and O–H groups in total. The maximum atomic E-state index is 12.6. The Morgan fingerprint density at radius 1 is 1.48 bits per heavy atom. The molecule has 1 aliphatic carbocycles. The Hall–Kier alpha value is -1.42. The van der Waals surface area contributed by atoms with Gasteiger partial charge in [0.15, 0.2) is 0 Å². The molecule has 6 heteroatoms. The summed E-state index contributed by atoms with van der Waals surface area (Å²) in [5.74, 6) is 0.622. The summed E-state index contributed by atoms with van der Waals surface area (Å²) in [6.45, 7) is 8.22. The molecule has 2 heterocycles. The Labute approximate surface area is 154 Å². The van der Waals surface area contributed by atoms with E-state index < -0.39 is 0 Å². The van der Waals surface area contributed by atoms with E-state index in [4.69, 9.17) is 4.74 Å². The summed E-state index contributed by atoms with van der Waals surface area (Å²) in [5.41, 5.74) is 1.84. The lowest BCUT2D eigenvalue weighted by Gasteiger charge is -2.37. The number of rotatable bonds is 4. The maximum Gasteiger partial charge on any atom is 0.239 e. The van der Waals surface area contributed by atoms with Crippen LogP contribution in [0.5, 0.6) is 0 Å². The molecule has 136 valence electrons. The molecule has 3 atom stereocenters. The molecule has 0 unspecified atom stereocenters. The van der Waals surface area contributed by atoms with E-state index in [0.29, 0.717) is 24.6 Å². The number of fused-ring (bicyclic) bond motifs is 1. The molecule has 1 aliphatic heterocycles. The van der Waals surface area contributed by atoms with Crippen molar-refractivity contribution >= 4 is 22.2 Å². The molecule has 0 spiro atoms. The SMILES string of the molecule is CC[C@@H]1CO[C@H](C)CN1CC(=O)Nc1sc2c(c1C#N)CC[C@@H](C)C2. The van der Waals surface area contributed by atoms with Gasteiger partial charge in [-0.3, -0.25) is 9.69 Å². The number of hydrogen-bond acceptors (Lipinski definition) is 5. The Balaban J connectivity index is 1.70. The second-order valence-electron chi connectivity index (χ2n) is 7.35. The first kappa shape index (κ1) is 18.4. The molecule has 2 aliphatic rings. The second-order valence-corrected chi connectivity index (χ2v) is 8.46. The largest absolute Gasteiger partial charge is 0.376 e. The van der Waals surface area contributed by atoms with Crippen molar-refractivity contribution in [3.05, 3.63) is 16.0 Å². The van der Waals surface area contributed by atoms with Crippen LogP contribution in [0, 0.1) is 17.2 Å². The van der Waals surface area contributed by atoms with Crippen LogP contribution in [0.15, 0.2) is 0 Å². The number of nitrogens with zero attached hydrogens (tertiary/aromatic N) is 2. The predicted octanol–water partition coefficient (Wildman–Crippen LogP) is 3.18. The van der Waals surface area contributed by atoms with Gasteiger partial charge < -0.3 is 10.1 Å². The minimum absolute atomic E-state index is 0.0318. The fourth-order valence-corrected chi connectivity index (χ4v) is 5.17. The first-order chi connectivity index (χ1) is 12.0. The maximum absolute atomic E-state index is 12.6. The Morgan fingerprint density at radius 2 is 2.28 bits per heavy atom. The molecule has 1 amide bonds. The monoisotopic (exact) mass is 361 g/mol. The fourth-order valence-electron chi connectivity index (χ4n) is 3.79. The van der Waals surface area contributed by atoms with Crippen LogP contribution in [0.2, 0.25) is 0 Å². The normalized spacial score (nSPS) is 26.7. The van der Waals surface area contributed by atoms with Crippen LogP contribution < -0.4 is 5.32 Å². The van der Waals surface area contributed by atoms with E-state index in [-0.39, 0.29) is 18.1 Å². The van der Waals surface area contributed by atoms with E-state index >= 15 is 0 Å². The quantitative estimate of drug-likeness (QED) is 0.894. The van der Waals surface area contributed by atoms with Gasteiger partial charge in [0.1, 0.15) is 11.1 Å². The van der Waals surface area contributed by atoms with Crippen LogP contribution in [0.1, 0.15) is 49.6 Å². The van der Waals surface area contributed by atoms with E-state index in [1.54, 1.807) is 11.3 Å². The van der Waals surface area contributed by atoms with Gasteiger partial charge in [0.25, 0.3) is 0 Å². The molecule has 3 rings (SSSR count). The van der Waals surface area contributed by atoms with Crippen molar-refractivity contribution in [3.63, 3.8) is 0 Å². The molecule has 0 bridgehead atoms. The highest BCUT2D eigenvalue weighted by atomic mass is 32.1. The van der Waals surface area contributed by atoms with E-state index in [9.17, 15) is 10.1 Å². The Bertz CT molecular complexity index is 679. The minimum Gasteiger partial charge on any atom is -0.376 e. The summed E-state index contributed by atoms with van der Waals surface area (Å²) < 4.78 is 5.70. The van der Waals surface area contributed by atoms with E-state index in [1.165, 1.54) is 4.88 Å². The Kier molecular flexibility index (Phi) is 5.78. The van der Waals surface area contributed by atoms with E-state index in [2.05, 4.69) is 30.1 Å². The van der Waals surface area contributed by atoms with E-state index in [0.717, 1.165) is 42.8 Å². The van der Waals surface area contributed by atoms with Crippen LogP contribution in [0.4, 0.5) is 5.00 Å². The van der Waals surface area contributed by atoms with Crippen LogP contribution in [0.25, 0.3) is 0 Å². The number of nitriles is 1. The highest BCUT2D eigenvalue weighted by Gasteiger charge is 2.28. The smallest absolute Gasteiger partial charge is 0.239 e. The molecule has 1 aromatic heterocycles. The van der Waals surface area contributed by atoms with Gasteiger partial charge in [0.05, 0.1) is 24.8 Å². The highest BCUT2D eigenvalue weighted by Crippen LogP contribution is 2.39. The summed E-state index contributed by atoms with van der Waals surface area (Å²) in [6, 6.07) is 2.60. The molecule has 0 radical (unpaired) electrons. The van der Waals surface area contributed by atoms with Crippen LogP contribution in [0.3, 0.4) is 0 Å². The molecule has 1 fully saturated rings. The first-order valence-electron chi connectivity index (χ1n) is 9.21. The summed E-state index contributed by atoms with van der Waals surface area (Å²) in [4.78, 5) is 16.1. The molecule has 5 nitrogen and oxygen atoms in total. The molecular formula is C19H27N3O2S. The summed E-state index contributed by atoms with van der Waals surface area (Å²) in [7, 11) is 0. The van der Waals surface area contributed by atoms with Gasteiger partial charge in [0, 0.05) is 17.5 Å². The molecule has 0 saturated carbocycles. The fraction of sp³-hybridized carbons (Fsp3) is 0.684. The van der Waals surface area contributed by atoms with Crippen molar-refractivity contribution in [2.24, 2.45) is 5.92 Å². The third-order valence-corrected chi connectivity index (χ3v) is 6.45. The Morgan fingerprint density at radius 3 is 3.00 bits per heavy atom. The van der Waals surface area contributed by atoms with Crippen LogP contribution in [-0.2, 0) is 22.4 Å². The summed E-state index contributed by atoms with van der Waals surface area (Å²) >= 11 is 1.59. The van der Waals surface area contributed by atoms with Crippen LogP contribution in [-0.4, -0.2) is 42.6 Å². The van der Waals surface area contributed by atoms with Gasteiger partial charge in [-0.25, -0.2) is 0 Å². The van der Waals surface area contributed by atoms with Crippen molar-refractivity contribution < 1.29 is 9.53 Å². The second kappa shape index (κ2) is 7.86. The number of ether oxygens (including phenoxy) is 1. The number of hydrogen-bond donors (Lipinski definition) is 1. The number of carbonyl (C=O) groups is 1. The lowest BCUT2D eigenvalue weighted by Crippen LogP contribution is -2.51. The zero-order valence-corrected chi connectivity index (χ0v) is 16.1. The summed E-state index contributed by atoms with van der Waals surface area (Å²) in [6.07, 6.45) is 4.21. The highest BCUT2D eigenvalue weighted by molar-refractivity contribution is 7.16. The van der Waals surface area contributed by atoms with Gasteiger partial charge in [-0.2, -0.15) is 5.26 Å². The number of morpholine rings is 1. The van der Waals surface area contributed by atoms with Crippen molar-refractivity contribution in [1.29, 1.82) is 5.26 Å². The number of amides is 1. The van der Waals surface area contributed by atoms with Crippen molar-refractivity contribution in [3.8, 4) is 6.07 Å². The van der Waals surface area contributed by atoms with Crippen molar-refractivity contribution in [2.45, 2.75) is 58.6 Å². The van der Waals surface area contributed by atoms with Gasteiger partial charge >= 0.3 is 0 Å². The van der Waals surface area contributed by atoms with Gasteiger partial charge in [-0.05, 0) is 44.1 Å². The molecular weight excluding hydrogens is 334 g/mol. The summed E-state index contributed by atoms with van der Waals surface area (Å²) in [5, 5.41) is 13.3. The standard InChI is InChI=1S/C19H27N3O2S/c1-4-14-11-24-13(3)9-22(14)10-18(23)21-19-16(8-20)15-6-5-12(2)7-17(15)25-19/h12-14H,4-7,9-11H2,1-3H3,(H,21,23)/t12-,13-,14-/m1/s1. The van der Waals surface area contributed by atoms with Gasteiger partial charge in [-0.1, -0.05) is 13.8 Å². The number of thiophene rings is 1. The molecule has 1 saturated heterocycles. The lowest BCUT2D eigenvalue weighted by molar-refractivity contribution is -0.121. The molecule has 0 aromatic carbocycles. The average molecular weight is 362 g/mol. The zero-order chi connectivity index (χ0) is 18.0. The molecule has 1 aromatic rings. The average Bonchev–Trinajstić information content (AvgIpc) is 2.90. The molecule has 25 heavy (non-hydrogen) atoms. The number of nitrogens with one attached hydrogen (secondary N) is 1. The number of carbonyl (C=O) groups excluding carboxylic acids is 1. The third-order valence-electron chi connectivity index (χ3n) is 5.28. The number of anilines is 1. The third kappa shape index (κ3) is 4.05. The lowest BCUT2D eigenvalue weighted by atomic mass is 9.89. The zero-order valence-electron chi connectivity index (χ0n) is 15.3. The van der Waals surface area contributed by atoms with E-state index in [1.807, 2.05) is 6.92 Å². The topological polar surface area (TPSA) is 65.4 Å². The minimum atomic E-state index is -0.0318. The predicted molar refractivity (Wildman–Crippen MR) is 99.9 cm³/mol. The van der Waals surface area contributed by atoms with Crippen LogP contribution >= 0.6 is 11.3 Å². The van der Waals surface area contributed by atoms with Gasteiger partial charge in [0.2, 0.25) is 5.91 Å². The van der Waals surface area contributed by atoms with Crippen molar-refractivity contribution in [1.82, 2.24) is 4.90 Å².